The molecule has 0 bridgehead atoms. The van der Waals surface area contributed by atoms with Crippen molar-refractivity contribution < 1.29 is 4.42 Å². The van der Waals surface area contributed by atoms with Crippen molar-refractivity contribution in [2.24, 2.45) is 0 Å². The van der Waals surface area contributed by atoms with Crippen LogP contribution >= 0.6 is 11.3 Å². The fourth-order valence-electron chi connectivity index (χ4n) is 8.82. The van der Waals surface area contributed by atoms with Crippen LogP contribution in [0.25, 0.3) is 96.7 Å². The summed E-state index contributed by atoms with van der Waals surface area (Å²) in [6.07, 6.45) is 0. The van der Waals surface area contributed by atoms with E-state index >= 15 is 0 Å². The van der Waals surface area contributed by atoms with Gasteiger partial charge >= 0.3 is 0 Å². The van der Waals surface area contributed by atoms with E-state index in [1.807, 2.05) is 23.5 Å². The first-order valence-corrected chi connectivity index (χ1v) is 20.2. The van der Waals surface area contributed by atoms with E-state index in [2.05, 4.69) is 193 Å². The highest BCUT2D eigenvalue weighted by atomic mass is 32.1. The summed E-state index contributed by atoms with van der Waals surface area (Å²) in [7, 11) is 0. The van der Waals surface area contributed by atoms with E-state index in [1.54, 1.807) is 0 Å². The fourth-order valence-corrected chi connectivity index (χ4v) is 10.0. The molecule has 0 N–H and O–H groups in total. The number of furan rings is 1. The van der Waals surface area contributed by atoms with Crippen LogP contribution < -0.4 is 4.90 Å². The van der Waals surface area contributed by atoms with Crippen LogP contribution in [0.1, 0.15) is 0 Å². The molecule has 0 amide bonds. The normalized spacial score (nSPS) is 11.9. The van der Waals surface area contributed by atoms with Gasteiger partial charge in [0.25, 0.3) is 0 Å². The molecule has 57 heavy (non-hydrogen) atoms. The van der Waals surface area contributed by atoms with Gasteiger partial charge in [-0.2, -0.15) is 0 Å². The standard InChI is InChI=1S/C54H33NOS/c1-3-12-38-30-41(27-24-34(38)10-1)55(42-28-25-35-11-2-4-13-39(35)31-42)50-33-49-48-32-40(26-29-52(48)57-54(49)47-16-6-5-14-44(47)50)36-20-22-37(23-21-36)43-17-9-18-46-45-15-7-8-19-51(45)56-53(43)46/h1-33H. The van der Waals surface area contributed by atoms with Gasteiger partial charge in [-0.1, -0.05) is 152 Å². The number of rotatable bonds is 5. The fraction of sp³-hybridized carbons (Fsp3) is 0. The first-order valence-electron chi connectivity index (χ1n) is 19.4. The number of para-hydroxylation sites is 2. The Kier molecular flexibility index (Phi) is 7.13. The molecule has 12 aromatic rings. The lowest BCUT2D eigenvalue weighted by molar-refractivity contribution is 0.670. The topological polar surface area (TPSA) is 16.4 Å². The summed E-state index contributed by atoms with van der Waals surface area (Å²) in [5.74, 6) is 0. The Morgan fingerprint density at radius 2 is 0.965 bits per heavy atom. The van der Waals surface area contributed by atoms with Gasteiger partial charge in [-0.15, -0.1) is 11.3 Å². The van der Waals surface area contributed by atoms with Crippen molar-refractivity contribution in [1.29, 1.82) is 0 Å². The summed E-state index contributed by atoms with van der Waals surface area (Å²) in [5.41, 5.74) is 9.92. The van der Waals surface area contributed by atoms with Crippen LogP contribution in [0.4, 0.5) is 17.1 Å². The Morgan fingerprint density at radius 3 is 1.70 bits per heavy atom. The Bertz CT molecular complexity index is 3460. The molecule has 0 aliphatic heterocycles. The second kappa shape index (κ2) is 12.7. The third-order valence-electron chi connectivity index (χ3n) is 11.6. The summed E-state index contributed by atoms with van der Waals surface area (Å²) in [5, 5.41) is 12.2. The van der Waals surface area contributed by atoms with Crippen molar-refractivity contribution in [3.63, 3.8) is 0 Å². The maximum absolute atomic E-state index is 6.38. The molecule has 0 unspecified atom stereocenters. The van der Waals surface area contributed by atoms with Crippen LogP contribution in [0.2, 0.25) is 0 Å². The minimum Gasteiger partial charge on any atom is -0.455 e. The molecule has 0 spiro atoms. The summed E-state index contributed by atoms with van der Waals surface area (Å²) in [6.45, 7) is 0. The van der Waals surface area contributed by atoms with Crippen molar-refractivity contribution in [1.82, 2.24) is 0 Å². The number of hydrogen-bond acceptors (Lipinski definition) is 3. The number of fused-ring (bicyclic) bond motifs is 10. The minimum atomic E-state index is 0.918. The molecule has 266 valence electrons. The minimum absolute atomic E-state index is 0.918. The lowest BCUT2D eigenvalue weighted by Gasteiger charge is -2.28. The Morgan fingerprint density at radius 1 is 0.368 bits per heavy atom. The largest absolute Gasteiger partial charge is 0.455 e. The third-order valence-corrected chi connectivity index (χ3v) is 12.8. The molecule has 0 saturated carbocycles. The maximum Gasteiger partial charge on any atom is 0.143 e. The van der Waals surface area contributed by atoms with Crippen molar-refractivity contribution in [3.05, 3.63) is 200 Å². The average molecular weight is 744 g/mol. The number of hydrogen-bond donors (Lipinski definition) is 0. The number of benzene rings is 10. The van der Waals surface area contributed by atoms with Gasteiger partial charge in [0.05, 0.1) is 5.69 Å². The van der Waals surface area contributed by atoms with E-state index in [1.165, 1.54) is 63.6 Å². The zero-order chi connectivity index (χ0) is 37.5. The van der Waals surface area contributed by atoms with Crippen LogP contribution in [0.5, 0.6) is 0 Å². The molecule has 2 heterocycles. The molecule has 0 aliphatic carbocycles. The number of thiophene rings is 1. The molecular weight excluding hydrogens is 711 g/mol. The maximum atomic E-state index is 6.38. The first-order chi connectivity index (χ1) is 28.2. The molecule has 0 saturated heterocycles. The van der Waals surface area contributed by atoms with Crippen LogP contribution in [0, 0.1) is 0 Å². The SMILES string of the molecule is c1ccc2cc(N(c3ccc4ccccc4c3)c3cc4c5cc(-c6ccc(-c7cccc8c7oc7ccccc78)cc6)ccc5sc4c4ccccc34)ccc2c1. The van der Waals surface area contributed by atoms with Crippen molar-refractivity contribution in [2.45, 2.75) is 0 Å². The number of nitrogens with zero attached hydrogens (tertiary/aromatic N) is 1. The molecular formula is C54H33NOS. The molecule has 0 radical (unpaired) electrons. The van der Waals surface area contributed by atoms with Gasteiger partial charge in [-0.05, 0) is 86.8 Å². The van der Waals surface area contributed by atoms with Crippen LogP contribution in [0.15, 0.2) is 205 Å². The van der Waals surface area contributed by atoms with Gasteiger partial charge in [-0.25, -0.2) is 0 Å². The lowest BCUT2D eigenvalue weighted by atomic mass is 9.97. The van der Waals surface area contributed by atoms with E-state index in [0.717, 1.165) is 50.1 Å². The highest BCUT2D eigenvalue weighted by molar-refractivity contribution is 7.26. The Labute approximate surface area is 333 Å². The smallest absolute Gasteiger partial charge is 0.143 e. The van der Waals surface area contributed by atoms with E-state index in [4.69, 9.17) is 4.42 Å². The molecule has 3 heteroatoms. The van der Waals surface area contributed by atoms with Gasteiger partial charge in [-0.3, -0.25) is 0 Å². The molecule has 0 fully saturated rings. The van der Waals surface area contributed by atoms with E-state index in [0.29, 0.717) is 0 Å². The van der Waals surface area contributed by atoms with Crippen molar-refractivity contribution in [2.75, 3.05) is 4.90 Å². The first kappa shape index (κ1) is 32.1. The van der Waals surface area contributed by atoms with Crippen molar-refractivity contribution >= 4 is 103 Å². The van der Waals surface area contributed by atoms with Crippen LogP contribution in [0.3, 0.4) is 0 Å². The summed E-state index contributed by atoms with van der Waals surface area (Å²) in [6, 6.07) is 72.9. The summed E-state index contributed by atoms with van der Waals surface area (Å²) in [4.78, 5) is 2.45. The van der Waals surface area contributed by atoms with Gasteiger partial charge in [0.2, 0.25) is 0 Å². The second-order valence-electron chi connectivity index (χ2n) is 14.9. The summed E-state index contributed by atoms with van der Waals surface area (Å²) < 4.78 is 8.98. The molecule has 0 aliphatic rings. The summed E-state index contributed by atoms with van der Waals surface area (Å²) >= 11 is 1.88. The molecule has 0 atom stereocenters. The molecule has 2 nitrogen and oxygen atoms in total. The highest BCUT2D eigenvalue weighted by Gasteiger charge is 2.21. The van der Waals surface area contributed by atoms with E-state index in [-0.39, 0.29) is 0 Å². The van der Waals surface area contributed by atoms with Crippen LogP contribution in [-0.4, -0.2) is 0 Å². The molecule has 2 aromatic heterocycles. The molecule has 10 aromatic carbocycles. The monoisotopic (exact) mass is 743 g/mol. The zero-order valence-electron chi connectivity index (χ0n) is 30.8. The third kappa shape index (κ3) is 5.17. The van der Waals surface area contributed by atoms with Gasteiger partial charge in [0.1, 0.15) is 11.2 Å². The van der Waals surface area contributed by atoms with E-state index in [9.17, 15) is 0 Å². The predicted octanol–water partition coefficient (Wildman–Crippen LogP) is 16.2. The average Bonchev–Trinajstić information content (AvgIpc) is 3.85. The molecule has 12 rings (SSSR count). The van der Waals surface area contributed by atoms with Crippen LogP contribution in [-0.2, 0) is 0 Å². The highest BCUT2D eigenvalue weighted by Crippen LogP contribution is 2.48. The van der Waals surface area contributed by atoms with Gasteiger partial charge < -0.3 is 9.32 Å². The lowest BCUT2D eigenvalue weighted by Crippen LogP contribution is -2.10. The zero-order valence-corrected chi connectivity index (χ0v) is 31.6. The van der Waals surface area contributed by atoms with Crippen molar-refractivity contribution in [3.8, 4) is 22.3 Å². The van der Waals surface area contributed by atoms with Gasteiger partial charge in [0.15, 0.2) is 0 Å². The Hall–Kier alpha value is -7.20. The second-order valence-corrected chi connectivity index (χ2v) is 15.9. The number of anilines is 3. The predicted molar refractivity (Wildman–Crippen MR) is 245 cm³/mol. The quantitative estimate of drug-likeness (QED) is 0.175. The Balaban J connectivity index is 1.03. The van der Waals surface area contributed by atoms with E-state index < -0.39 is 0 Å². The van der Waals surface area contributed by atoms with Gasteiger partial charge in [0, 0.05) is 58.7 Å².